The number of furan rings is 4. The van der Waals surface area contributed by atoms with Crippen LogP contribution in [0.3, 0.4) is 0 Å². The maximum atomic E-state index is 6.83. The molecule has 0 aliphatic rings. The van der Waals surface area contributed by atoms with Crippen LogP contribution in [0, 0.1) is 0 Å². The second-order valence-electron chi connectivity index (χ2n) is 16.0. The van der Waals surface area contributed by atoms with Crippen molar-refractivity contribution < 1.29 is 17.7 Å². The number of hydrogen-bond donors (Lipinski definition) is 0. The molecule has 0 bridgehead atoms. The zero-order valence-corrected chi connectivity index (χ0v) is 31.7. The van der Waals surface area contributed by atoms with Crippen LogP contribution in [0.25, 0.3) is 143 Å². The molecule has 0 aliphatic carbocycles. The van der Waals surface area contributed by atoms with Gasteiger partial charge < -0.3 is 26.8 Å². The Morgan fingerprint density at radius 1 is 0.267 bits per heavy atom. The molecule has 0 atom stereocenters. The van der Waals surface area contributed by atoms with Gasteiger partial charge in [-0.05, 0) is 91.0 Å². The largest absolute Gasteiger partial charge is 0.456 e. The molecule has 6 nitrogen and oxygen atoms in total. The third-order valence-corrected chi connectivity index (χ3v) is 12.9. The minimum atomic E-state index is 0.787. The Hall–Kier alpha value is -8.22. The molecule has 0 saturated carbocycles. The van der Waals surface area contributed by atoms with Crippen LogP contribution in [0.1, 0.15) is 0 Å². The van der Waals surface area contributed by atoms with Crippen LogP contribution in [0.2, 0.25) is 0 Å². The average molecular weight is 769 g/mol. The fourth-order valence-corrected chi connectivity index (χ4v) is 10.4. The van der Waals surface area contributed by atoms with Crippen molar-refractivity contribution in [2.24, 2.45) is 0 Å². The van der Waals surface area contributed by atoms with E-state index >= 15 is 0 Å². The van der Waals surface area contributed by atoms with Crippen molar-refractivity contribution >= 4 is 131 Å². The SMILES string of the molecule is c1ccc2c(c1)oc1c2ccc2c1c1ccccc1n2-c1ccc2oc3ccc4c5cc(-n6c7ccccc7c7ccc8c9ccccc9oc8c76)ccc5oc4c3c2c1. The van der Waals surface area contributed by atoms with Gasteiger partial charge in [0, 0.05) is 65.2 Å². The van der Waals surface area contributed by atoms with E-state index in [1.807, 2.05) is 24.3 Å². The van der Waals surface area contributed by atoms with Gasteiger partial charge in [-0.25, -0.2) is 0 Å². The molecule has 0 saturated heterocycles. The van der Waals surface area contributed by atoms with Crippen LogP contribution >= 0.6 is 0 Å². The van der Waals surface area contributed by atoms with Crippen molar-refractivity contribution in [3.63, 3.8) is 0 Å². The third kappa shape index (κ3) is 3.79. The predicted molar refractivity (Wildman–Crippen MR) is 244 cm³/mol. The molecule has 278 valence electrons. The van der Waals surface area contributed by atoms with Gasteiger partial charge in [0.1, 0.15) is 39.1 Å². The molecular weight excluding hydrogens is 741 g/mol. The molecule has 15 rings (SSSR count). The Morgan fingerprint density at radius 2 is 0.767 bits per heavy atom. The van der Waals surface area contributed by atoms with Gasteiger partial charge in [0.05, 0.1) is 32.8 Å². The van der Waals surface area contributed by atoms with Crippen molar-refractivity contribution in [2.45, 2.75) is 0 Å². The van der Waals surface area contributed by atoms with Gasteiger partial charge in [-0.2, -0.15) is 0 Å². The van der Waals surface area contributed by atoms with Gasteiger partial charge >= 0.3 is 0 Å². The molecule has 15 aromatic rings. The molecule has 60 heavy (non-hydrogen) atoms. The Bertz CT molecular complexity index is 4370. The van der Waals surface area contributed by atoms with Crippen molar-refractivity contribution in [3.8, 4) is 11.4 Å². The Morgan fingerprint density at radius 3 is 1.55 bits per heavy atom. The highest BCUT2D eigenvalue weighted by atomic mass is 16.3. The van der Waals surface area contributed by atoms with Gasteiger partial charge in [-0.1, -0.05) is 78.9 Å². The summed E-state index contributed by atoms with van der Waals surface area (Å²) >= 11 is 0. The fraction of sp³-hybridized carbons (Fsp3) is 0. The van der Waals surface area contributed by atoms with Crippen LogP contribution in [0.5, 0.6) is 0 Å². The maximum absolute atomic E-state index is 6.83. The molecule has 0 fully saturated rings. The van der Waals surface area contributed by atoms with Crippen molar-refractivity contribution in [3.05, 3.63) is 170 Å². The quantitative estimate of drug-likeness (QED) is 0.176. The summed E-state index contributed by atoms with van der Waals surface area (Å²) < 4.78 is 31.3. The van der Waals surface area contributed by atoms with Gasteiger partial charge in [0.25, 0.3) is 0 Å². The normalized spacial score (nSPS) is 12.7. The van der Waals surface area contributed by atoms with Gasteiger partial charge in [0.2, 0.25) is 0 Å². The first-order chi connectivity index (χ1) is 29.7. The highest BCUT2D eigenvalue weighted by Crippen LogP contribution is 2.45. The molecule has 9 aromatic carbocycles. The summed E-state index contributed by atoms with van der Waals surface area (Å²) in [5.41, 5.74) is 13.2. The minimum Gasteiger partial charge on any atom is -0.456 e. The topological polar surface area (TPSA) is 62.4 Å². The van der Waals surface area contributed by atoms with Gasteiger partial charge in [-0.15, -0.1) is 0 Å². The summed E-state index contributed by atoms with van der Waals surface area (Å²) in [7, 11) is 0. The van der Waals surface area contributed by atoms with Crippen molar-refractivity contribution in [1.82, 2.24) is 9.13 Å². The molecule has 0 unspecified atom stereocenters. The van der Waals surface area contributed by atoms with Crippen LogP contribution in [0.4, 0.5) is 0 Å². The molecule has 6 heterocycles. The molecule has 6 aromatic heterocycles. The van der Waals surface area contributed by atoms with E-state index in [0.717, 1.165) is 137 Å². The number of rotatable bonds is 2. The average Bonchev–Trinajstić information content (AvgIpc) is 4.14. The summed E-state index contributed by atoms with van der Waals surface area (Å²) in [5, 5.41) is 13.1. The van der Waals surface area contributed by atoms with E-state index in [0.29, 0.717) is 0 Å². The lowest BCUT2D eigenvalue weighted by Crippen LogP contribution is -1.93. The molecule has 0 spiro atoms. The zero-order chi connectivity index (χ0) is 38.8. The number of benzene rings is 9. The summed E-state index contributed by atoms with van der Waals surface area (Å²) in [6, 6.07) is 59.8. The number of para-hydroxylation sites is 4. The molecule has 6 heteroatoms. The lowest BCUT2D eigenvalue weighted by Gasteiger charge is -2.08. The van der Waals surface area contributed by atoms with E-state index < -0.39 is 0 Å². The van der Waals surface area contributed by atoms with Gasteiger partial charge in [-0.3, -0.25) is 0 Å². The molecular formula is C54H28N2O4. The Kier molecular flexibility index (Phi) is 5.57. The predicted octanol–water partition coefficient (Wildman–Crippen LogP) is 15.5. The standard InChI is InChI=1S/C54H28N2O4/c1-5-13-41-31(9-1)34-19-20-36-33-11-4-8-16-45(33)60-54(36)51(34)56(41)30-18-24-46-39(27-30)37-22-26-48-50(53(37)59-46)40-28-29(17-25-47(40)57-48)55-42-14-6-2-12-38(42)49-43(55)23-21-35-32-10-3-7-15-44(32)58-52(35)49/h1-28H. The first-order valence-corrected chi connectivity index (χ1v) is 20.2. The first-order valence-electron chi connectivity index (χ1n) is 20.2. The van der Waals surface area contributed by atoms with E-state index in [-0.39, 0.29) is 0 Å². The van der Waals surface area contributed by atoms with Gasteiger partial charge in [0.15, 0.2) is 5.58 Å². The monoisotopic (exact) mass is 768 g/mol. The number of fused-ring (bicyclic) bond motifs is 21. The van der Waals surface area contributed by atoms with Crippen molar-refractivity contribution in [2.75, 3.05) is 0 Å². The highest BCUT2D eigenvalue weighted by Gasteiger charge is 2.23. The summed E-state index contributed by atoms with van der Waals surface area (Å²) in [6.07, 6.45) is 0. The smallest absolute Gasteiger partial charge is 0.160 e. The van der Waals surface area contributed by atoms with Crippen LogP contribution in [0.15, 0.2) is 188 Å². The number of nitrogens with zero attached hydrogens (tertiary/aromatic N) is 2. The second kappa shape index (κ2) is 10.8. The lowest BCUT2D eigenvalue weighted by atomic mass is 10.1. The fourth-order valence-electron chi connectivity index (χ4n) is 10.4. The molecule has 0 amide bonds. The molecule has 0 aliphatic heterocycles. The minimum absolute atomic E-state index is 0.787. The second-order valence-corrected chi connectivity index (χ2v) is 16.0. The Labute approximate surface area is 338 Å². The van der Waals surface area contributed by atoms with E-state index in [1.165, 1.54) is 5.39 Å². The van der Waals surface area contributed by atoms with Crippen LogP contribution < -0.4 is 0 Å². The highest BCUT2D eigenvalue weighted by molar-refractivity contribution is 6.26. The zero-order valence-electron chi connectivity index (χ0n) is 31.7. The lowest BCUT2D eigenvalue weighted by molar-refractivity contribution is 0.662. The summed E-state index contributed by atoms with van der Waals surface area (Å²) in [6.45, 7) is 0. The molecule has 0 radical (unpaired) electrons. The van der Waals surface area contributed by atoms with Crippen molar-refractivity contribution in [1.29, 1.82) is 0 Å². The summed E-state index contributed by atoms with van der Waals surface area (Å²) in [5.74, 6) is 0. The number of aromatic nitrogens is 2. The van der Waals surface area contributed by atoms with Crippen LogP contribution in [-0.2, 0) is 0 Å². The molecule has 0 N–H and O–H groups in total. The third-order valence-electron chi connectivity index (χ3n) is 12.9. The first kappa shape index (κ1) is 30.9. The van der Waals surface area contributed by atoms with Crippen LogP contribution in [-0.4, -0.2) is 9.13 Å². The maximum Gasteiger partial charge on any atom is 0.160 e. The van der Waals surface area contributed by atoms with E-state index in [1.54, 1.807) is 0 Å². The van der Waals surface area contributed by atoms with E-state index in [9.17, 15) is 0 Å². The van der Waals surface area contributed by atoms with E-state index in [2.05, 4.69) is 155 Å². The number of hydrogen-bond acceptors (Lipinski definition) is 4. The Balaban J connectivity index is 0.969. The summed E-state index contributed by atoms with van der Waals surface area (Å²) in [4.78, 5) is 0. The van der Waals surface area contributed by atoms with E-state index in [4.69, 9.17) is 17.7 Å².